The average Bonchev–Trinajstić information content (AvgIpc) is 3.20. The minimum absolute atomic E-state index is 0.000758. The molecule has 2 amide bonds. The number of amides is 2. The fourth-order valence-corrected chi connectivity index (χ4v) is 4.36. The van der Waals surface area contributed by atoms with Gasteiger partial charge in [-0.15, -0.1) is 0 Å². The van der Waals surface area contributed by atoms with E-state index in [1.54, 1.807) is 0 Å². The highest BCUT2D eigenvalue weighted by atomic mass is 16.5. The molecular formula is C21H27N3O3. The number of fused-ring (bicyclic) bond motifs is 2. The third kappa shape index (κ3) is 3.46. The van der Waals surface area contributed by atoms with Crippen molar-refractivity contribution in [1.82, 2.24) is 15.4 Å². The van der Waals surface area contributed by atoms with Gasteiger partial charge in [-0.2, -0.15) is 0 Å². The number of hydrogen-bond donors (Lipinski definition) is 1. The summed E-state index contributed by atoms with van der Waals surface area (Å²) in [5.41, 5.74) is 4.36. The third-order valence-electron chi connectivity index (χ3n) is 5.84. The molecule has 1 fully saturated rings. The molecule has 144 valence electrons. The number of nitrogens with zero attached hydrogens (tertiary/aromatic N) is 2. The lowest BCUT2D eigenvalue weighted by Crippen LogP contribution is -2.53. The SMILES string of the molecule is Cc1noc(C)c1CCCNC(=O)N1CCO[C@]2(CCc3ccccc32)C1. The van der Waals surface area contributed by atoms with Gasteiger partial charge in [-0.3, -0.25) is 0 Å². The van der Waals surface area contributed by atoms with Gasteiger partial charge in [0.2, 0.25) is 0 Å². The Morgan fingerprint density at radius 3 is 3.00 bits per heavy atom. The lowest BCUT2D eigenvalue weighted by Gasteiger charge is -2.41. The summed E-state index contributed by atoms with van der Waals surface area (Å²) in [5, 5.41) is 7.04. The summed E-state index contributed by atoms with van der Waals surface area (Å²) >= 11 is 0. The Balaban J connectivity index is 1.32. The molecule has 1 saturated heterocycles. The molecule has 1 aliphatic carbocycles. The van der Waals surface area contributed by atoms with Crippen LogP contribution in [0.5, 0.6) is 0 Å². The molecule has 6 heteroatoms. The first-order chi connectivity index (χ1) is 13.1. The number of ether oxygens (including phenoxy) is 1. The fourth-order valence-electron chi connectivity index (χ4n) is 4.36. The smallest absolute Gasteiger partial charge is 0.317 e. The summed E-state index contributed by atoms with van der Waals surface area (Å²) in [4.78, 5) is 14.6. The zero-order valence-electron chi connectivity index (χ0n) is 16.1. The van der Waals surface area contributed by atoms with Gasteiger partial charge in [0.05, 0.1) is 18.8 Å². The Kier molecular flexibility index (Phi) is 4.91. The average molecular weight is 369 g/mol. The van der Waals surface area contributed by atoms with Gasteiger partial charge < -0.3 is 19.5 Å². The van der Waals surface area contributed by atoms with Crippen LogP contribution in [0.1, 0.15) is 41.0 Å². The predicted molar refractivity (Wildman–Crippen MR) is 102 cm³/mol. The highest BCUT2D eigenvalue weighted by Crippen LogP contribution is 2.42. The van der Waals surface area contributed by atoms with Crippen molar-refractivity contribution in [2.24, 2.45) is 0 Å². The first kappa shape index (κ1) is 18.0. The first-order valence-electron chi connectivity index (χ1n) is 9.76. The monoisotopic (exact) mass is 369 g/mol. The molecule has 1 aromatic heterocycles. The van der Waals surface area contributed by atoms with E-state index >= 15 is 0 Å². The van der Waals surface area contributed by atoms with Crippen LogP contribution in [0.4, 0.5) is 4.79 Å². The number of carbonyl (C=O) groups excluding carboxylic acids is 1. The molecular weight excluding hydrogens is 342 g/mol. The van der Waals surface area contributed by atoms with Crippen LogP contribution in [-0.4, -0.2) is 42.3 Å². The molecule has 0 saturated carbocycles. The van der Waals surface area contributed by atoms with Crippen LogP contribution in [0.15, 0.2) is 28.8 Å². The maximum absolute atomic E-state index is 12.7. The van der Waals surface area contributed by atoms with Crippen LogP contribution in [-0.2, 0) is 23.2 Å². The van der Waals surface area contributed by atoms with Crippen LogP contribution in [0.25, 0.3) is 0 Å². The molecule has 0 bridgehead atoms. The molecule has 1 aromatic carbocycles. The summed E-state index contributed by atoms with van der Waals surface area (Å²) in [7, 11) is 0. The summed E-state index contributed by atoms with van der Waals surface area (Å²) in [5.74, 6) is 0.869. The number of hydrogen-bond acceptors (Lipinski definition) is 4. The lowest BCUT2D eigenvalue weighted by molar-refractivity contribution is -0.101. The van der Waals surface area contributed by atoms with Crippen LogP contribution in [0.2, 0.25) is 0 Å². The number of nitrogens with one attached hydrogen (secondary N) is 1. The summed E-state index contributed by atoms with van der Waals surface area (Å²) in [6.07, 6.45) is 3.69. The second kappa shape index (κ2) is 7.35. The molecule has 1 spiro atoms. The minimum Gasteiger partial charge on any atom is -0.367 e. The zero-order valence-corrected chi connectivity index (χ0v) is 16.1. The summed E-state index contributed by atoms with van der Waals surface area (Å²) < 4.78 is 11.4. The second-order valence-corrected chi connectivity index (χ2v) is 7.56. The van der Waals surface area contributed by atoms with Crippen molar-refractivity contribution < 1.29 is 14.1 Å². The van der Waals surface area contributed by atoms with Crippen molar-refractivity contribution in [2.45, 2.75) is 45.1 Å². The number of aromatic nitrogens is 1. The molecule has 2 aliphatic rings. The number of rotatable bonds is 4. The fraction of sp³-hybridized carbons (Fsp3) is 0.524. The van der Waals surface area contributed by atoms with E-state index in [9.17, 15) is 4.79 Å². The molecule has 1 N–H and O–H groups in total. The summed E-state index contributed by atoms with van der Waals surface area (Å²) in [6.45, 7) is 6.38. The maximum Gasteiger partial charge on any atom is 0.317 e. The molecule has 2 heterocycles. The van der Waals surface area contributed by atoms with Gasteiger partial charge in [-0.1, -0.05) is 29.4 Å². The molecule has 4 rings (SSSR count). The van der Waals surface area contributed by atoms with Crippen molar-refractivity contribution in [2.75, 3.05) is 26.2 Å². The number of aryl methyl sites for hydroxylation is 3. The largest absolute Gasteiger partial charge is 0.367 e. The summed E-state index contributed by atoms with van der Waals surface area (Å²) in [6, 6.07) is 8.45. The van der Waals surface area contributed by atoms with Crippen molar-refractivity contribution in [1.29, 1.82) is 0 Å². The van der Waals surface area contributed by atoms with E-state index in [0.717, 1.165) is 42.7 Å². The van der Waals surface area contributed by atoms with Crippen molar-refractivity contribution in [3.8, 4) is 0 Å². The Bertz CT molecular complexity index is 808. The van der Waals surface area contributed by atoms with Gasteiger partial charge in [-0.25, -0.2) is 4.79 Å². The number of urea groups is 1. The van der Waals surface area contributed by atoms with E-state index in [-0.39, 0.29) is 11.6 Å². The molecule has 0 unspecified atom stereocenters. The van der Waals surface area contributed by atoms with E-state index in [2.05, 4.69) is 34.7 Å². The number of morpholine rings is 1. The number of carbonyl (C=O) groups is 1. The van der Waals surface area contributed by atoms with Gasteiger partial charge in [0, 0.05) is 18.7 Å². The van der Waals surface area contributed by atoms with Crippen molar-refractivity contribution >= 4 is 6.03 Å². The van der Waals surface area contributed by atoms with Gasteiger partial charge >= 0.3 is 6.03 Å². The van der Waals surface area contributed by atoms with E-state index in [1.807, 2.05) is 18.7 Å². The minimum atomic E-state index is -0.330. The van der Waals surface area contributed by atoms with Crippen LogP contribution < -0.4 is 5.32 Å². The van der Waals surface area contributed by atoms with Crippen molar-refractivity contribution in [3.63, 3.8) is 0 Å². The first-order valence-corrected chi connectivity index (χ1v) is 9.76. The normalized spacial score (nSPS) is 21.5. The second-order valence-electron chi connectivity index (χ2n) is 7.56. The maximum atomic E-state index is 12.7. The van der Waals surface area contributed by atoms with Gasteiger partial charge in [-0.05, 0) is 50.7 Å². The Morgan fingerprint density at radius 1 is 1.33 bits per heavy atom. The van der Waals surface area contributed by atoms with E-state index in [1.165, 1.54) is 11.1 Å². The molecule has 0 radical (unpaired) electrons. The number of benzene rings is 1. The van der Waals surface area contributed by atoms with Gasteiger partial charge in [0.1, 0.15) is 11.4 Å². The van der Waals surface area contributed by atoms with E-state index in [4.69, 9.17) is 9.26 Å². The van der Waals surface area contributed by atoms with Crippen LogP contribution in [0.3, 0.4) is 0 Å². The molecule has 27 heavy (non-hydrogen) atoms. The lowest BCUT2D eigenvalue weighted by atomic mass is 9.94. The van der Waals surface area contributed by atoms with E-state index < -0.39 is 0 Å². The predicted octanol–water partition coefficient (Wildman–Crippen LogP) is 3.11. The quantitative estimate of drug-likeness (QED) is 0.841. The standard InChI is InChI=1S/C21H27N3O3/c1-15-18(16(2)27-23-15)7-5-11-22-20(25)24-12-13-26-21(14-24)10-9-17-6-3-4-8-19(17)21/h3-4,6,8H,5,7,9-14H2,1-2H3,(H,22,25)/t21-/m1/s1. The molecule has 1 atom stereocenters. The Labute approximate surface area is 159 Å². The Hall–Kier alpha value is -2.34. The highest BCUT2D eigenvalue weighted by molar-refractivity contribution is 5.74. The molecule has 1 aliphatic heterocycles. The van der Waals surface area contributed by atoms with Gasteiger partial charge in [0.25, 0.3) is 0 Å². The highest BCUT2D eigenvalue weighted by Gasteiger charge is 2.44. The zero-order chi connectivity index (χ0) is 18.9. The Morgan fingerprint density at radius 2 is 2.19 bits per heavy atom. The van der Waals surface area contributed by atoms with Gasteiger partial charge in [0.15, 0.2) is 0 Å². The van der Waals surface area contributed by atoms with Crippen LogP contribution >= 0.6 is 0 Å². The van der Waals surface area contributed by atoms with Crippen LogP contribution in [0, 0.1) is 13.8 Å². The van der Waals surface area contributed by atoms with Crippen molar-refractivity contribution in [3.05, 3.63) is 52.4 Å². The topological polar surface area (TPSA) is 67.6 Å². The molecule has 2 aromatic rings. The van der Waals surface area contributed by atoms with E-state index in [0.29, 0.717) is 26.2 Å². The molecule has 6 nitrogen and oxygen atoms in total. The third-order valence-corrected chi connectivity index (χ3v) is 5.84.